The monoisotopic (exact) mass is 278 g/mol. The molecule has 0 unspecified atom stereocenters. The summed E-state index contributed by atoms with van der Waals surface area (Å²) in [6.07, 6.45) is 1.02. The number of hydrogen-bond acceptors (Lipinski definition) is 5. The van der Waals surface area contributed by atoms with Crippen LogP contribution in [0.2, 0.25) is 0 Å². The van der Waals surface area contributed by atoms with Gasteiger partial charge in [0.15, 0.2) is 5.84 Å². The number of sulfonamides is 1. The van der Waals surface area contributed by atoms with E-state index in [1.165, 1.54) is 0 Å². The number of nitrogens with one attached hydrogen (secondary N) is 2. The highest BCUT2D eigenvalue weighted by Crippen LogP contribution is 2.45. The fourth-order valence-electron chi connectivity index (χ4n) is 1.58. The minimum absolute atomic E-state index is 0.00533. The number of hydrogen-bond donors (Lipinski definition) is 4. The molecule has 104 valence electrons. The number of rotatable bonds is 7. The van der Waals surface area contributed by atoms with E-state index in [4.69, 9.17) is 10.9 Å². The Morgan fingerprint density at radius 2 is 2.11 bits per heavy atom. The van der Waals surface area contributed by atoms with Crippen LogP contribution >= 0.6 is 0 Å². The second-order valence-corrected chi connectivity index (χ2v) is 6.07. The first-order valence-corrected chi connectivity index (χ1v) is 7.27. The number of oxime groups is 1. The summed E-state index contributed by atoms with van der Waals surface area (Å²) in [5.74, 6) is -0.724. The molecule has 0 atom stereocenters. The zero-order chi connectivity index (χ0) is 13.8. The first kappa shape index (κ1) is 14.7. The van der Waals surface area contributed by atoms with Crippen LogP contribution in [0.25, 0.3) is 0 Å². The van der Waals surface area contributed by atoms with Gasteiger partial charge in [-0.3, -0.25) is 4.79 Å². The third kappa shape index (κ3) is 3.33. The molecule has 1 amide bonds. The van der Waals surface area contributed by atoms with Crippen molar-refractivity contribution in [3.63, 3.8) is 0 Å². The predicted octanol–water partition coefficient (Wildman–Crippen LogP) is -1.43. The molecule has 1 saturated carbocycles. The Kier molecular flexibility index (Phi) is 4.52. The van der Waals surface area contributed by atoms with Crippen molar-refractivity contribution in [1.29, 1.82) is 0 Å². The third-order valence-electron chi connectivity index (χ3n) is 2.80. The van der Waals surface area contributed by atoms with Crippen molar-refractivity contribution in [3.8, 4) is 0 Å². The Labute approximate surface area is 106 Å². The van der Waals surface area contributed by atoms with E-state index in [1.54, 1.807) is 6.92 Å². The van der Waals surface area contributed by atoms with Crippen LogP contribution in [0.3, 0.4) is 0 Å². The van der Waals surface area contributed by atoms with Crippen LogP contribution in [-0.2, 0) is 14.8 Å². The van der Waals surface area contributed by atoms with Gasteiger partial charge in [-0.05, 0) is 12.8 Å². The maximum Gasteiger partial charge on any atom is 0.233 e. The molecule has 0 aromatic heterocycles. The van der Waals surface area contributed by atoms with Crippen molar-refractivity contribution in [3.05, 3.63) is 0 Å². The second kappa shape index (κ2) is 5.53. The van der Waals surface area contributed by atoms with Crippen LogP contribution < -0.4 is 15.8 Å². The molecule has 1 aliphatic carbocycles. The van der Waals surface area contributed by atoms with Gasteiger partial charge in [0.25, 0.3) is 0 Å². The lowest BCUT2D eigenvalue weighted by Crippen LogP contribution is -2.43. The van der Waals surface area contributed by atoms with Gasteiger partial charge in [-0.2, -0.15) is 0 Å². The number of nitrogens with zero attached hydrogens (tertiary/aromatic N) is 1. The summed E-state index contributed by atoms with van der Waals surface area (Å²) in [6, 6.07) is 0. The van der Waals surface area contributed by atoms with Gasteiger partial charge in [0.05, 0.1) is 5.75 Å². The van der Waals surface area contributed by atoms with Crippen LogP contribution in [0, 0.1) is 5.41 Å². The van der Waals surface area contributed by atoms with E-state index in [9.17, 15) is 13.2 Å². The second-order valence-electron chi connectivity index (χ2n) is 4.14. The molecule has 5 N–H and O–H groups in total. The molecular weight excluding hydrogens is 260 g/mol. The van der Waals surface area contributed by atoms with Crippen molar-refractivity contribution in [2.75, 3.05) is 18.8 Å². The fourth-order valence-corrected chi connectivity index (χ4v) is 2.54. The van der Waals surface area contributed by atoms with E-state index in [2.05, 4.69) is 15.2 Å². The normalized spacial score (nSPS) is 18.4. The molecule has 0 heterocycles. The van der Waals surface area contributed by atoms with Crippen molar-refractivity contribution in [2.45, 2.75) is 19.8 Å². The first-order valence-electron chi connectivity index (χ1n) is 5.61. The Hall–Kier alpha value is -1.35. The smallest absolute Gasteiger partial charge is 0.233 e. The molecule has 8 nitrogen and oxygen atoms in total. The molecule has 1 rings (SSSR count). The number of carbonyl (C=O) groups excluding carboxylic acids is 1. The van der Waals surface area contributed by atoms with E-state index >= 15 is 0 Å². The SMILES string of the molecule is CCNS(=O)(=O)CCNC(=O)C1(C(N)=NO)CC1. The van der Waals surface area contributed by atoms with E-state index in [0.717, 1.165) is 0 Å². The summed E-state index contributed by atoms with van der Waals surface area (Å²) in [6.45, 7) is 1.98. The standard InChI is InChI=1S/C9H18N4O4S/c1-2-12-18(16,17)6-5-11-8(14)9(3-4-9)7(10)13-15/h12,15H,2-6H2,1H3,(H2,10,13)(H,11,14). The van der Waals surface area contributed by atoms with Crippen molar-refractivity contribution < 1.29 is 18.4 Å². The molecule has 0 spiro atoms. The minimum atomic E-state index is -3.35. The average molecular weight is 278 g/mol. The molecular formula is C9H18N4O4S. The largest absolute Gasteiger partial charge is 0.409 e. The maximum atomic E-state index is 11.8. The number of carbonyl (C=O) groups is 1. The Bertz CT molecular complexity index is 441. The highest BCUT2D eigenvalue weighted by atomic mass is 32.2. The molecule has 0 radical (unpaired) electrons. The lowest BCUT2D eigenvalue weighted by Gasteiger charge is -2.13. The summed E-state index contributed by atoms with van der Waals surface area (Å²) in [5, 5.41) is 13.9. The van der Waals surface area contributed by atoms with Crippen LogP contribution in [-0.4, -0.2) is 44.2 Å². The van der Waals surface area contributed by atoms with Crippen molar-refractivity contribution >= 4 is 21.8 Å². The van der Waals surface area contributed by atoms with Crippen LogP contribution in [0.15, 0.2) is 5.16 Å². The Balaban J connectivity index is 2.44. The summed E-state index contributed by atoms with van der Waals surface area (Å²) in [7, 11) is -3.35. The topological polar surface area (TPSA) is 134 Å². The molecule has 0 saturated heterocycles. The summed E-state index contributed by atoms with van der Waals surface area (Å²) >= 11 is 0. The molecule has 1 aliphatic rings. The van der Waals surface area contributed by atoms with Gasteiger partial charge in [-0.25, -0.2) is 13.1 Å². The van der Waals surface area contributed by atoms with Crippen LogP contribution in [0.5, 0.6) is 0 Å². The zero-order valence-electron chi connectivity index (χ0n) is 10.1. The Morgan fingerprint density at radius 1 is 1.50 bits per heavy atom. The van der Waals surface area contributed by atoms with Crippen LogP contribution in [0.4, 0.5) is 0 Å². The van der Waals surface area contributed by atoms with Gasteiger partial charge in [-0.1, -0.05) is 12.1 Å². The first-order chi connectivity index (χ1) is 8.38. The van der Waals surface area contributed by atoms with E-state index in [-0.39, 0.29) is 18.1 Å². The van der Waals surface area contributed by atoms with E-state index in [0.29, 0.717) is 19.4 Å². The summed E-state index contributed by atoms with van der Waals surface area (Å²) in [5.41, 5.74) is 4.48. The van der Waals surface area contributed by atoms with Gasteiger partial charge in [0.1, 0.15) is 5.41 Å². The highest BCUT2D eigenvalue weighted by molar-refractivity contribution is 7.89. The molecule has 0 bridgehead atoms. The number of amides is 1. The number of nitrogens with two attached hydrogens (primary N) is 1. The van der Waals surface area contributed by atoms with Crippen LogP contribution in [0.1, 0.15) is 19.8 Å². The molecule has 1 fully saturated rings. The lowest BCUT2D eigenvalue weighted by atomic mass is 10.1. The van der Waals surface area contributed by atoms with Crippen molar-refractivity contribution in [2.24, 2.45) is 16.3 Å². The molecule has 18 heavy (non-hydrogen) atoms. The quantitative estimate of drug-likeness (QED) is 0.196. The highest BCUT2D eigenvalue weighted by Gasteiger charge is 2.54. The third-order valence-corrected chi connectivity index (χ3v) is 4.27. The predicted molar refractivity (Wildman–Crippen MR) is 65.5 cm³/mol. The van der Waals surface area contributed by atoms with E-state index < -0.39 is 21.3 Å². The molecule has 9 heteroatoms. The fraction of sp³-hybridized carbons (Fsp3) is 0.778. The maximum absolute atomic E-state index is 11.8. The minimum Gasteiger partial charge on any atom is -0.409 e. The number of amidine groups is 1. The van der Waals surface area contributed by atoms with Gasteiger partial charge >= 0.3 is 0 Å². The average Bonchev–Trinajstić information content (AvgIpc) is 3.08. The lowest BCUT2D eigenvalue weighted by molar-refractivity contribution is -0.124. The molecule has 0 aliphatic heterocycles. The summed E-state index contributed by atoms with van der Waals surface area (Å²) < 4.78 is 24.9. The van der Waals surface area contributed by atoms with Gasteiger partial charge in [0, 0.05) is 13.1 Å². The summed E-state index contributed by atoms with van der Waals surface area (Å²) in [4.78, 5) is 11.8. The van der Waals surface area contributed by atoms with Crippen molar-refractivity contribution in [1.82, 2.24) is 10.0 Å². The molecule has 0 aromatic carbocycles. The van der Waals surface area contributed by atoms with Gasteiger partial charge < -0.3 is 16.3 Å². The van der Waals surface area contributed by atoms with E-state index in [1.807, 2.05) is 0 Å². The van der Waals surface area contributed by atoms with Gasteiger partial charge in [-0.15, -0.1) is 0 Å². The Morgan fingerprint density at radius 3 is 2.56 bits per heavy atom. The van der Waals surface area contributed by atoms with Gasteiger partial charge in [0.2, 0.25) is 15.9 Å². The molecule has 0 aromatic rings. The zero-order valence-corrected chi connectivity index (χ0v) is 11.0.